The first-order valence-electron chi connectivity index (χ1n) is 11.7. The van der Waals surface area contributed by atoms with Gasteiger partial charge in [-0.15, -0.1) is 18.3 Å². The SMILES string of the molecule is CC#CCN1C(=O)[C@@H]([C@H](O)C(C)C)NC(=O)C12CCN(Cc1ccc(C(C)C)cc1)CC2.Cl. The first kappa shape index (κ1) is 27.2. The van der Waals surface area contributed by atoms with Crippen LogP contribution in [-0.4, -0.2) is 64.0 Å². The monoisotopic (exact) mass is 475 g/mol. The van der Waals surface area contributed by atoms with Crippen LogP contribution in [0.25, 0.3) is 0 Å². The van der Waals surface area contributed by atoms with Gasteiger partial charge in [0.25, 0.3) is 0 Å². The molecule has 33 heavy (non-hydrogen) atoms. The van der Waals surface area contributed by atoms with Crippen LogP contribution in [0.15, 0.2) is 24.3 Å². The fourth-order valence-corrected chi connectivity index (χ4v) is 4.69. The van der Waals surface area contributed by atoms with Crippen LogP contribution in [-0.2, 0) is 16.1 Å². The van der Waals surface area contributed by atoms with Crippen LogP contribution >= 0.6 is 12.4 Å². The maximum absolute atomic E-state index is 13.3. The molecule has 2 fully saturated rings. The minimum atomic E-state index is -0.921. The zero-order valence-corrected chi connectivity index (χ0v) is 21.2. The number of rotatable bonds is 6. The van der Waals surface area contributed by atoms with Gasteiger partial charge in [-0.2, -0.15) is 0 Å². The molecule has 3 rings (SSSR count). The van der Waals surface area contributed by atoms with Crippen molar-refractivity contribution in [3.05, 3.63) is 35.4 Å². The van der Waals surface area contributed by atoms with Crippen LogP contribution in [0.2, 0.25) is 0 Å². The van der Waals surface area contributed by atoms with E-state index >= 15 is 0 Å². The predicted molar refractivity (Wildman–Crippen MR) is 133 cm³/mol. The summed E-state index contributed by atoms with van der Waals surface area (Å²) in [5, 5.41) is 13.4. The van der Waals surface area contributed by atoms with Gasteiger partial charge in [-0.1, -0.05) is 57.9 Å². The molecule has 7 heteroatoms. The lowest BCUT2D eigenvalue weighted by Gasteiger charge is -2.51. The van der Waals surface area contributed by atoms with Crippen molar-refractivity contribution in [3.8, 4) is 11.8 Å². The highest BCUT2D eigenvalue weighted by Crippen LogP contribution is 2.34. The zero-order chi connectivity index (χ0) is 23.5. The topological polar surface area (TPSA) is 72.9 Å². The van der Waals surface area contributed by atoms with Crippen molar-refractivity contribution >= 4 is 24.2 Å². The summed E-state index contributed by atoms with van der Waals surface area (Å²) in [6, 6.07) is 7.81. The third-order valence-electron chi connectivity index (χ3n) is 6.93. The highest BCUT2D eigenvalue weighted by atomic mass is 35.5. The molecule has 182 valence electrons. The number of hydrogen-bond acceptors (Lipinski definition) is 4. The summed E-state index contributed by atoms with van der Waals surface area (Å²) in [5.41, 5.74) is 1.68. The maximum Gasteiger partial charge on any atom is 0.249 e. The molecule has 0 aliphatic carbocycles. The summed E-state index contributed by atoms with van der Waals surface area (Å²) in [6.45, 7) is 12.3. The molecule has 0 bridgehead atoms. The quantitative estimate of drug-likeness (QED) is 0.620. The van der Waals surface area contributed by atoms with E-state index in [0.29, 0.717) is 18.8 Å². The average molecular weight is 476 g/mol. The van der Waals surface area contributed by atoms with E-state index in [9.17, 15) is 14.7 Å². The molecule has 6 nitrogen and oxygen atoms in total. The first-order valence-corrected chi connectivity index (χ1v) is 11.7. The van der Waals surface area contributed by atoms with Crippen LogP contribution < -0.4 is 5.32 Å². The molecule has 2 N–H and O–H groups in total. The second-order valence-electron chi connectivity index (χ2n) is 9.74. The average Bonchev–Trinajstić information content (AvgIpc) is 2.77. The summed E-state index contributed by atoms with van der Waals surface area (Å²) < 4.78 is 0. The molecule has 2 atom stereocenters. The van der Waals surface area contributed by atoms with E-state index in [0.717, 1.165) is 19.6 Å². The Morgan fingerprint density at radius 1 is 1.12 bits per heavy atom. The Balaban J connectivity index is 0.00000385. The van der Waals surface area contributed by atoms with E-state index in [4.69, 9.17) is 0 Å². The fourth-order valence-electron chi connectivity index (χ4n) is 4.69. The standard InChI is InChI=1S/C26H37N3O3.ClH/c1-6-7-14-29-24(31)22(23(30)19(4)5)27-25(32)26(29)12-15-28(16-13-26)17-20-8-10-21(11-9-20)18(2)3;/h8-11,18-19,22-23,30H,12-17H2,1-5H3,(H,27,32);1H/t22-,23-;/m1./s1. The molecule has 1 aromatic rings. The van der Waals surface area contributed by atoms with Gasteiger partial charge in [0.15, 0.2) is 0 Å². The van der Waals surface area contributed by atoms with E-state index in [-0.39, 0.29) is 36.7 Å². The highest BCUT2D eigenvalue weighted by molar-refractivity contribution is 6.00. The van der Waals surface area contributed by atoms with Crippen molar-refractivity contribution in [2.45, 2.75) is 77.6 Å². The van der Waals surface area contributed by atoms with Crippen LogP contribution in [0.5, 0.6) is 0 Å². The minimum Gasteiger partial charge on any atom is -0.390 e. The van der Waals surface area contributed by atoms with Gasteiger partial charge in [-0.3, -0.25) is 14.5 Å². The second kappa shape index (κ2) is 11.4. The molecule has 0 aromatic heterocycles. The molecule has 2 aliphatic heterocycles. The lowest BCUT2D eigenvalue weighted by atomic mass is 9.80. The van der Waals surface area contributed by atoms with Gasteiger partial charge in [0.05, 0.1) is 12.6 Å². The molecule has 1 spiro atoms. The molecule has 2 amide bonds. The number of nitrogens with one attached hydrogen (secondary N) is 1. The van der Waals surface area contributed by atoms with Gasteiger partial charge in [0.2, 0.25) is 11.8 Å². The van der Waals surface area contributed by atoms with Crippen molar-refractivity contribution in [3.63, 3.8) is 0 Å². The van der Waals surface area contributed by atoms with Gasteiger partial charge in [-0.25, -0.2) is 0 Å². The number of aliphatic hydroxyl groups is 1. The minimum absolute atomic E-state index is 0. The highest BCUT2D eigenvalue weighted by Gasteiger charge is 2.54. The number of aliphatic hydroxyl groups excluding tert-OH is 1. The van der Waals surface area contributed by atoms with Crippen LogP contribution in [0, 0.1) is 17.8 Å². The number of carbonyl (C=O) groups is 2. The molecule has 1 aromatic carbocycles. The Morgan fingerprint density at radius 3 is 2.24 bits per heavy atom. The summed E-state index contributed by atoms with van der Waals surface area (Å²) in [4.78, 5) is 30.6. The second-order valence-corrected chi connectivity index (χ2v) is 9.74. The van der Waals surface area contributed by atoms with Crippen LogP contribution in [0.4, 0.5) is 0 Å². The van der Waals surface area contributed by atoms with Gasteiger partial charge in [0, 0.05) is 19.6 Å². The van der Waals surface area contributed by atoms with Crippen molar-refractivity contribution < 1.29 is 14.7 Å². The fraction of sp³-hybridized carbons (Fsp3) is 0.615. The Hall–Kier alpha value is -2.07. The first-order chi connectivity index (χ1) is 15.2. The van der Waals surface area contributed by atoms with Crippen molar-refractivity contribution in [2.75, 3.05) is 19.6 Å². The number of piperazine rings is 1. The number of piperidine rings is 1. The van der Waals surface area contributed by atoms with Crippen molar-refractivity contribution in [2.24, 2.45) is 5.92 Å². The Labute approximate surface area is 204 Å². The largest absolute Gasteiger partial charge is 0.390 e. The summed E-state index contributed by atoms with van der Waals surface area (Å²) in [5.74, 6) is 5.80. The lowest BCUT2D eigenvalue weighted by Crippen LogP contribution is -2.74. The normalized spacial score (nSPS) is 21.5. The summed E-state index contributed by atoms with van der Waals surface area (Å²) in [7, 11) is 0. The van der Waals surface area contributed by atoms with Crippen molar-refractivity contribution in [1.82, 2.24) is 15.1 Å². The van der Waals surface area contributed by atoms with E-state index in [1.54, 1.807) is 11.8 Å². The number of amides is 2. The smallest absolute Gasteiger partial charge is 0.249 e. The van der Waals surface area contributed by atoms with E-state index < -0.39 is 17.7 Å². The maximum atomic E-state index is 13.3. The molecular weight excluding hydrogens is 438 g/mol. The number of carbonyl (C=O) groups excluding carboxylic acids is 2. The predicted octanol–water partition coefficient (Wildman–Crippen LogP) is 2.93. The molecular formula is C26H38ClN3O3. The van der Waals surface area contributed by atoms with Crippen LogP contribution in [0.3, 0.4) is 0 Å². The number of benzene rings is 1. The third-order valence-corrected chi connectivity index (χ3v) is 6.93. The lowest BCUT2D eigenvalue weighted by molar-refractivity contribution is -0.164. The van der Waals surface area contributed by atoms with Gasteiger partial charge in [0.1, 0.15) is 11.6 Å². The van der Waals surface area contributed by atoms with E-state index in [2.05, 4.69) is 60.2 Å². The third kappa shape index (κ3) is 5.71. The molecule has 0 radical (unpaired) electrons. The van der Waals surface area contributed by atoms with E-state index in [1.165, 1.54) is 11.1 Å². The number of hydrogen-bond donors (Lipinski definition) is 2. The number of likely N-dealkylation sites (tertiary alicyclic amines) is 1. The molecule has 2 aliphatic rings. The van der Waals surface area contributed by atoms with Crippen molar-refractivity contribution in [1.29, 1.82) is 0 Å². The van der Waals surface area contributed by atoms with Gasteiger partial charge in [-0.05, 0) is 42.7 Å². The summed E-state index contributed by atoms with van der Waals surface area (Å²) >= 11 is 0. The number of halogens is 1. The van der Waals surface area contributed by atoms with Gasteiger partial charge < -0.3 is 15.3 Å². The van der Waals surface area contributed by atoms with E-state index in [1.807, 2.05) is 13.8 Å². The molecule has 0 unspecified atom stereocenters. The Bertz CT molecular complexity index is 880. The Morgan fingerprint density at radius 2 is 1.73 bits per heavy atom. The van der Waals surface area contributed by atoms with Gasteiger partial charge >= 0.3 is 0 Å². The summed E-state index contributed by atoms with van der Waals surface area (Å²) in [6.07, 6.45) is 0.199. The number of nitrogens with zero attached hydrogens (tertiary/aromatic N) is 2. The zero-order valence-electron chi connectivity index (χ0n) is 20.4. The molecule has 2 heterocycles. The molecule has 2 saturated heterocycles. The molecule has 0 saturated carbocycles. The van der Waals surface area contributed by atoms with Crippen LogP contribution in [0.1, 0.15) is 64.5 Å². The Kier molecular flexibility index (Phi) is 9.37.